The molecule has 0 saturated heterocycles. The summed E-state index contributed by atoms with van der Waals surface area (Å²) in [5, 5.41) is 0.721. The molecule has 0 amide bonds. The molecule has 2 aliphatic heterocycles. The molecule has 162 valence electrons. The van der Waals surface area contributed by atoms with E-state index in [1.165, 1.54) is 17.7 Å². The average molecular weight is 450 g/mol. The maximum atomic E-state index is 13.6. The molecule has 0 aliphatic carbocycles. The summed E-state index contributed by atoms with van der Waals surface area (Å²) in [5.41, 5.74) is 3.99. The van der Waals surface area contributed by atoms with E-state index in [0.717, 1.165) is 34.9 Å². The maximum absolute atomic E-state index is 13.6. The van der Waals surface area contributed by atoms with Crippen molar-refractivity contribution in [2.24, 2.45) is 0 Å². The number of carbonyl (C=O) groups is 1. The molecular weight excluding hydrogens is 429 g/mol. The van der Waals surface area contributed by atoms with Crippen molar-refractivity contribution >= 4 is 23.5 Å². The first-order valence-corrected chi connectivity index (χ1v) is 10.8. The zero-order chi connectivity index (χ0) is 22.2. The Labute approximate surface area is 190 Å². The first-order chi connectivity index (χ1) is 15.5. The Balaban J connectivity index is 1.39. The van der Waals surface area contributed by atoms with Crippen molar-refractivity contribution < 1.29 is 18.7 Å². The fraction of sp³-hybridized carbons (Fsp3) is 0.192. The van der Waals surface area contributed by atoms with Crippen molar-refractivity contribution in [3.05, 3.63) is 99.0 Å². The van der Waals surface area contributed by atoms with Crippen molar-refractivity contribution in [2.45, 2.75) is 19.9 Å². The van der Waals surface area contributed by atoms with Gasteiger partial charge in [-0.2, -0.15) is 0 Å². The van der Waals surface area contributed by atoms with Crippen LogP contribution in [-0.4, -0.2) is 24.0 Å². The van der Waals surface area contributed by atoms with E-state index >= 15 is 0 Å². The topological polar surface area (TPSA) is 38.8 Å². The van der Waals surface area contributed by atoms with Crippen LogP contribution in [0, 0.1) is 12.7 Å². The van der Waals surface area contributed by atoms with Crippen LogP contribution in [0.25, 0.3) is 6.08 Å². The third-order valence-corrected chi connectivity index (χ3v) is 6.02. The summed E-state index contributed by atoms with van der Waals surface area (Å²) in [6.07, 6.45) is 2.44. The van der Waals surface area contributed by atoms with Gasteiger partial charge in [-0.1, -0.05) is 35.9 Å². The van der Waals surface area contributed by atoms with Crippen LogP contribution in [0.1, 0.15) is 32.6 Å². The number of aryl methyl sites for hydroxylation is 1. The molecule has 0 saturated carbocycles. The third kappa shape index (κ3) is 4.01. The van der Waals surface area contributed by atoms with Crippen LogP contribution in [0.15, 0.2) is 60.4 Å². The minimum absolute atomic E-state index is 0.192. The number of rotatable bonds is 4. The van der Waals surface area contributed by atoms with Crippen LogP contribution in [0.3, 0.4) is 0 Å². The van der Waals surface area contributed by atoms with Gasteiger partial charge in [-0.3, -0.25) is 9.69 Å². The normalized spacial score (nSPS) is 16.5. The predicted molar refractivity (Wildman–Crippen MR) is 122 cm³/mol. The van der Waals surface area contributed by atoms with Gasteiger partial charge in [0.2, 0.25) is 5.78 Å². The molecule has 2 aliphatic rings. The molecule has 0 fully saturated rings. The third-order valence-electron chi connectivity index (χ3n) is 5.76. The van der Waals surface area contributed by atoms with Gasteiger partial charge >= 0.3 is 0 Å². The van der Waals surface area contributed by atoms with Crippen LogP contribution in [0.2, 0.25) is 5.02 Å². The number of hydrogen-bond acceptors (Lipinski definition) is 4. The molecule has 3 aromatic rings. The van der Waals surface area contributed by atoms with Crippen molar-refractivity contribution in [3.63, 3.8) is 0 Å². The first kappa shape index (κ1) is 20.7. The molecule has 0 spiro atoms. The number of Topliss-reactive ketones (excluding diaryl/α,β-unsaturated/α-hetero) is 1. The van der Waals surface area contributed by atoms with E-state index in [0.29, 0.717) is 30.2 Å². The quantitative estimate of drug-likeness (QED) is 0.472. The van der Waals surface area contributed by atoms with Crippen molar-refractivity contribution in [1.82, 2.24) is 4.90 Å². The van der Waals surface area contributed by atoms with Crippen LogP contribution >= 0.6 is 11.6 Å². The van der Waals surface area contributed by atoms with Gasteiger partial charge in [-0.05, 0) is 66.4 Å². The summed E-state index contributed by atoms with van der Waals surface area (Å²) in [4.78, 5) is 15.2. The Hall–Kier alpha value is -3.15. The molecule has 0 N–H and O–H groups in total. The van der Waals surface area contributed by atoms with Crippen LogP contribution < -0.4 is 9.47 Å². The minimum Gasteiger partial charge on any atom is -0.478 e. The molecule has 4 nitrogen and oxygen atoms in total. The van der Waals surface area contributed by atoms with Gasteiger partial charge in [0, 0.05) is 18.1 Å². The van der Waals surface area contributed by atoms with E-state index in [9.17, 15) is 9.18 Å². The smallest absolute Gasteiger partial charge is 0.232 e. The lowest BCUT2D eigenvalue weighted by atomic mass is 9.98. The summed E-state index contributed by atoms with van der Waals surface area (Å²) in [6.45, 7) is 3.76. The molecule has 0 bridgehead atoms. The number of ether oxygens (including phenoxy) is 2. The van der Waals surface area contributed by atoms with E-state index in [-0.39, 0.29) is 17.4 Å². The number of hydrogen-bond donors (Lipinski definition) is 0. The standard InChI is InChI=1S/C26H21ClFNO3/c1-16-11-22-21(14-29(15-31-22)10-9-17-5-7-19(27)8-6-17)26-24(16)25(30)23(32-26)13-18-3-2-4-20(28)12-18/h2-8,11-13H,9-10,14-15H2,1H3/b23-13+. The van der Waals surface area contributed by atoms with Crippen molar-refractivity contribution in [3.8, 4) is 11.5 Å². The van der Waals surface area contributed by atoms with Gasteiger partial charge < -0.3 is 9.47 Å². The number of carbonyl (C=O) groups excluding carboxylic acids is 1. The summed E-state index contributed by atoms with van der Waals surface area (Å²) < 4.78 is 25.6. The molecule has 0 aromatic heterocycles. The van der Waals surface area contributed by atoms with E-state index in [4.69, 9.17) is 21.1 Å². The Morgan fingerprint density at radius 1 is 1.16 bits per heavy atom. The Bertz CT molecular complexity index is 1240. The van der Waals surface area contributed by atoms with Crippen LogP contribution in [0.4, 0.5) is 4.39 Å². The summed E-state index contributed by atoms with van der Waals surface area (Å²) in [5.74, 6) is 0.927. The second-order valence-corrected chi connectivity index (χ2v) is 8.51. The zero-order valence-corrected chi connectivity index (χ0v) is 18.3. The molecule has 3 aromatic carbocycles. The predicted octanol–water partition coefficient (Wildman–Crippen LogP) is 5.80. The molecule has 0 radical (unpaired) electrons. The highest BCUT2D eigenvalue weighted by molar-refractivity contribution is 6.30. The average Bonchev–Trinajstić information content (AvgIpc) is 3.10. The number of nitrogens with zero attached hydrogens (tertiary/aromatic N) is 1. The molecule has 0 atom stereocenters. The fourth-order valence-corrected chi connectivity index (χ4v) is 4.23. The number of benzene rings is 3. The van der Waals surface area contributed by atoms with Crippen LogP contribution in [-0.2, 0) is 13.0 Å². The SMILES string of the molecule is Cc1cc2c(c3c1C(=O)/C(=C\c1cccc(F)c1)O3)CN(CCc1ccc(Cl)cc1)CO2. The van der Waals surface area contributed by atoms with Gasteiger partial charge in [-0.25, -0.2) is 4.39 Å². The Morgan fingerprint density at radius 2 is 1.97 bits per heavy atom. The van der Waals surface area contributed by atoms with E-state index in [1.54, 1.807) is 18.2 Å². The maximum Gasteiger partial charge on any atom is 0.232 e. The molecule has 6 heteroatoms. The van der Waals surface area contributed by atoms with Crippen LogP contribution in [0.5, 0.6) is 11.5 Å². The summed E-state index contributed by atoms with van der Waals surface area (Å²) in [7, 11) is 0. The highest BCUT2D eigenvalue weighted by Crippen LogP contribution is 2.44. The molecule has 5 rings (SSSR count). The molecule has 2 heterocycles. The summed E-state index contributed by atoms with van der Waals surface area (Å²) in [6, 6.07) is 15.8. The second kappa shape index (κ2) is 8.41. The van der Waals surface area contributed by atoms with Gasteiger partial charge in [0.25, 0.3) is 0 Å². The lowest BCUT2D eigenvalue weighted by Crippen LogP contribution is -2.33. The Morgan fingerprint density at radius 3 is 2.75 bits per heavy atom. The lowest BCUT2D eigenvalue weighted by molar-refractivity contribution is 0.0949. The highest BCUT2D eigenvalue weighted by Gasteiger charge is 2.35. The highest BCUT2D eigenvalue weighted by atomic mass is 35.5. The van der Waals surface area contributed by atoms with E-state index in [1.807, 2.05) is 37.3 Å². The fourth-order valence-electron chi connectivity index (χ4n) is 4.11. The summed E-state index contributed by atoms with van der Waals surface area (Å²) >= 11 is 5.97. The first-order valence-electron chi connectivity index (χ1n) is 10.4. The number of allylic oxidation sites excluding steroid dienone is 1. The second-order valence-electron chi connectivity index (χ2n) is 8.07. The molecule has 32 heavy (non-hydrogen) atoms. The Kier molecular flexibility index (Phi) is 5.45. The number of ketones is 1. The molecular formula is C26H21ClFNO3. The lowest BCUT2D eigenvalue weighted by Gasteiger charge is -2.30. The van der Waals surface area contributed by atoms with E-state index in [2.05, 4.69) is 4.90 Å². The largest absolute Gasteiger partial charge is 0.478 e. The minimum atomic E-state index is -0.361. The van der Waals surface area contributed by atoms with Gasteiger partial charge in [0.05, 0.1) is 11.1 Å². The monoisotopic (exact) mass is 449 g/mol. The van der Waals surface area contributed by atoms with Gasteiger partial charge in [-0.15, -0.1) is 0 Å². The van der Waals surface area contributed by atoms with Crippen molar-refractivity contribution in [1.29, 1.82) is 0 Å². The zero-order valence-electron chi connectivity index (χ0n) is 17.5. The number of halogens is 2. The number of fused-ring (bicyclic) bond motifs is 3. The van der Waals surface area contributed by atoms with Crippen molar-refractivity contribution in [2.75, 3.05) is 13.3 Å². The van der Waals surface area contributed by atoms with Gasteiger partial charge in [0.1, 0.15) is 24.0 Å². The van der Waals surface area contributed by atoms with Gasteiger partial charge in [0.15, 0.2) is 5.76 Å². The van der Waals surface area contributed by atoms with E-state index < -0.39 is 0 Å². The molecule has 0 unspecified atom stereocenters.